The number of hydrogen-bond acceptors (Lipinski definition) is 0. The molecule has 0 atom stereocenters. The summed E-state index contributed by atoms with van der Waals surface area (Å²) in [6.45, 7) is 3.62. The summed E-state index contributed by atoms with van der Waals surface area (Å²) in [5.74, 6) is -0.539. The second-order valence-electron chi connectivity index (χ2n) is 5.47. The zero-order valence-electron chi connectivity index (χ0n) is 11.7. The van der Waals surface area contributed by atoms with Crippen molar-refractivity contribution < 1.29 is 17.6 Å². The Hall–Kier alpha value is -1.58. The van der Waals surface area contributed by atoms with Gasteiger partial charge in [-0.15, -0.1) is 0 Å². The van der Waals surface area contributed by atoms with Crippen molar-refractivity contribution in [1.82, 2.24) is 0 Å². The van der Waals surface area contributed by atoms with Crippen LogP contribution in [0.4, 0.5) is 17.6 Å². The number of halogens is 4. The summed E-state index contributed by atoms with van der Waals surface area (Å²) in [5.41, 5.74) is -0.513. The third-order valence-corrected chi connectivity index (χ3v) is 4.06. The summed E-state index contributed by atoms with van der Waals surface area (Å²) >= 11 is 0. The van der Waals surface area contributed by atoms with Gasteiger partial charge in [-0.05, 0) is 55.2 Å². The lowest BCUT2D eigenvalue weighted by atomic mass is 9.78. The van der Waals surface area contributed by atoms with E-state index in [4.69, 9.17) is 0 Å². The van der Waals surface area contributed by atoms with E-state index in [0.717, 1.165) is 37.8 Å². The fourth-order valence-electron chi connectivity index (χ4n) is 2.90. The highest BCUT2D eigenvalue weighted by Gasteiger charge is 2.34. The molecule has 0 amide bonds. The van der Waals surface area contributed by atoms with Gasteiger partial charge >= 0.3 is 6.18 Å². The minimum absolute atomic E-state index is 0.148. The average molecular weight is 298 g/mol. The molecule has 1 aliphatic carbocycles. The van der Waals surface area contributed by atoms with Crippen LogP contribution in [-0.4, -0.2) is 0 Å². The predicted molar refractivity (Wildman–Crippen MR) is 75.4 cm³/mol. The lowest BCUT2D eigenvalue weighted by Crippen LogP contribution is -2.13. The van der Waals surface area contributed by atoms with E-state index in [9.17, 15) is 17.6 Å². The third-order valence-electron chi connectivity index (χ3n) is 4.06. The zero-order valence-corrected chi connectivity index (χ0v) is 11.7. The Balaban J connectivity index is 2.06. The molecule has 21 heavy (non-hydrogen) atoms. The van der Waals surface area contributed by atoms with Crippen molar-refractivity contribution in [3.8, 4) is 0 Å². The van der Waals surface area contributed by atoms with E-state index in [1.54, 1.807) is 6.08 Å². The van der Waals surface area contributed by atoms with Crippen molar-refractivity contribution in [2.75, 3.05) is 0 Å². The Kier molecular flexibility index (Phi) is 4.86. The van der Waals surface area contributed by atoms with Crippen LogP contribution in [0.2, 0.25) is 0 Å². The van der Waals surface area contributed by atoms with Crippen LogP contribution in [0.3, 0.4) is 0 Å². The first kappa shape index (κ1) is 15.8. The van der Waals surface area contributed by atoms with Crippen LogP contribution in [0.1, 0.15) is 42.7 Å². The molecule has 0 bridgehead atoms. The maximum absolute atomic E-state index is 13.6. The molecule has 0 heterocycles. The van der Waals surface area contributed by atoms with Crippen molar-refractivity contribution >= 4 is 0 Å². The van der Waals surface area contributed by atoms with E-state index < -0.39 is 17.6 Å². The third kappa shape index (κ3) is 3.96. The highest BCUT2D eigenvalue weighted by Crippen LogP contribution is 2.38. The Morgan fingerprint density at radius 1 is 1.10 bits per heavy atom. The number of alkyl halides is 3. The maximum atomic E-state index is 13.6. The monoisotopic (exact) mass is 298 g/mol. The van der Waals surface area contributed by atoms with Gasteiger partial charge in [0.2, 0.25) is 0 Å². The van der Waals surface area contributed by atoms with E-state index in [1.807, 2.05) is 6.08 Å². The van der Waals surface area contributed by atoms with Crippen molar-refractivity contribution in [2.45, 2.75) is 37.8 Å². The fourth-order valence-corrected chi connectivity index (χ4v) is 2.90. The summed E-state index contributed by atoms with van der Waals surface area (Å²) in [6, 6.07) is 3.32. The second kappa shape index (κ2) is 6.46. The average Bonchev–Trinajstić information content (AvgIpc) is 2.44. The van der Waals surface area contributed by atoms with E-state index in [1.165, 1.54) is 6.07 Å². The Morgan fingerprint density at radius 3 is 2.29 bits per heavy atom. The predicted octanol–water partition coefficient (Wildman–Crippen LogP) is 5.86. The molecule has 1 saturated carbocycles. The smallest absolute Gasteiger partial charge is 0.206 e. The number of benzene rings is 1. The molecule has 0 aromatic heterocycles. The SMILES string of the molecule is C=CC=CC1CCC(c2ccc(C(F)(F)F)c(F)c2)CC1. The fraction of sp³-hybridized carbons (Fsp3) is 0.412. The second-order valence-corrected chi connectivity index (χ2v) is 5.47. The normalized spacial score (nSPS) is 23.4. The van der Waals surface area contributed by atoms with Crippen LogP contribution in [0, 0.1) is 11.7 Å². The molecule has 4 heteroatoms. The van der Waals surface area contributed by atoms with Crippen LogP contribution in [0.5, 0.6) is 0 Å². The van der Waals surface area contributed by atoms with E-state index in [0.29, 0.717) is 11.5 Å². The standard InChI is InChI=1S/C17H18F4/c1-2-3-4-12-5-7-13(8-6-12)14-9-10-15(16(18)11-14)17(19,20)21/h2-4,9-13H,1,5-8H2. The van der Waals surface area contributed by atoms with Gasteiger partial charge in [0.25, 0.3) is 0 Å². The van der Waals surface area contributed by atoms with E-state index in [-0.39, 0.29) is 5.92 Å². The van der Waals surface area contributed by atoms with Gasteiger partial charge in [-0.25, -0.2) is 4.39 Å². The van der Waals surface area contributed by atoms with Gasteiger partial charge in [-0.3, -0.25) is 0 Å². The topological polar surface area (TPSA) is 0 Å². The minimum atomic E-state index is -4.63. The van der Waals surface area contributed by atoms with Crippen LogP contribution >= 0.6 is 0 Å². The van der Waals surface area contributed by atoms with Crippen LogP contribution < -0.4 is 0 Å². The Morgan fingerprint density at radius 2 is 1.76 bits per heavy atom. The maximum Gasteiger partial charge on any atom is 0.419 e. The molecule has 0 unspecified atom stereocenters. The lowest BCUT2D eigenvalue weighted by Gasteiger charge is -2.27. The van der Waals surface area contributed by atoms with Crippen molar-refractivity contribution in [3.05, 3.63) is 60.0 Å². The molecule has 1 aromatic carbocycles. The molecule has 1 fully saturated rings. The van der Waals surface area contributed by atoms with Crippen molar-refractivity contribution in [1.29, 1.82) is 0 Å². The van der Waals surface area contributed by atoms with Gasteiger partial charge in [0.15, 0.2) is 0 Å². The Labute approximate surface area is 122 Å². The largest absolute Gasteiger partial charge is 0.419 e. The molecule has 0 N–H and O–H groups in total. The van der Waals surface area contributed by atoms with Gasteiger partial charge in [0.1, 0.15) is 5.82 Å². The molecule has 1 aliphatic rings. The molecule has 1 aromatic rings. The molecule has 114 valence electrons. The molecule has 0 saturated heterocycles. The van der Waals surface area contributed by atoms with Gasteiger partial charge in [-0.2, -0.15) is 13.2 Å². The molecule has 2 rings (SSSR count). The van der Waals surface area contributed by atoms with Gasteiger partial charge in [0, 0.05) is 0 Å². The summed E-state index contributed by atoms with van der Waals surface area (Å²) in [4.78, 5) is 0. The molecular formula is C17H18F4. The van der Waals surface area contributed by atoms with Gasteiger partial charge in [0.05, 0.1) is 5.56 Å². The van der Waals surface area contributed by atoms with Crippen LogP contribution in [-0.2, 0) is 6.18 Å². The van der Waals surface area contributed by atoms with Crippen molar-refractivity contribution in [3.63, 3.8) is 0 Å². The molecule has 0 spiro atoms. The van der Waals surface area contributed by atoms with E-state index >= 15 is 0 Å². The van der Waals surface area contributed by atoms with Gasteiger partial charge < -0.3 is 0 Å². The summed E-state index contributed by atoms with van der Waals surface area (Å²) < 4.78 is 51.2. The molecule has 0 nitrogen and oxygen atoms in total. The summed E-state index contributed by atoms with van der Waals surface area (Å²) in [6.07, 6.45) is 4.82. The first-order chi connectivity index (χ1) is 9.91. The highest BCUT2D eigenvalue weighted by atomic mass is 19.4. The van der Waals surface area contributed by atoms with Gasteiger partial charge in [-0.1, -0.05) is 30.9 Å². The van der Waals surface area contributed by atoms with Crippen LogP contribution in [0.25, 0.3) is 0 Å². The first-order valence-corrected chi connectivity index (χ1v) is 7.07. The summed E-state index contributed by atoms with van der Waals surface area (Å²) in [5, 5.41) is 0. The quantitative estimate of drug-likeness (QED) is 0.484. The Bertz CT molecular complexity index is 520. The number of rotatable bonds is 3. The minimum Gasteiger partial charge on any atom is -0.206 e. The van der Waals surface area contributed by atoms with Crippen molar-refractivity contribution in [2.24, 2.45) is 5.92 Å². The molecular weight excluding hydrogens is 280 g/mol. The number of hydrogen-bond donors (Lipinski definition) is 0. The highest BCUT2D eigenvalue weighted by molar-refractivity contribution is 5.29. The first-order valence-electron chi connectivity index (χ1n) is 7.07. The number of allylic oxidation sites excluding steroid dienone is 3. The zero-order chi connectivity index (χ0) is 15.5. The van der Waals surface area contributed by atoms with Crippen LogP contribution in [0.15, 0.2) is 43.0 Å². The lowest BCUT2D eigenvalue weighted by molar-refractivity contribution is -0.140. The molecule has 0 aliphatic heterocycles. The van der Waals surface area contributed by atoms with E-state index in [2.05, 4.69) is 12.7 Å². The summed E-state index contributed by atoms with van der Waals surface area (Å²) in [7, 11) is 0. The molecule has 0 radical (unpaired) electrons.